The second-order valence-corrected chi connectivity index (χ2v) is 5.82. The number of aryl methyl sites for hydroxylation is 1. The number of aromatic amines is 1. The molecule has 1 fully saturated rings. The highest BCUT2D eigenvalue weighted by Crippen LogP contribution is 2.24. The van der Waals surface area contributed by atoms with Gasteiger partial charge in [0.1, 0.15) is 0 Å². The van der Waals surface area contributed by atoms with Crippen LogP contribution in [0.25, 0.3) is 0 Å². The summed E-state index contributed by atoms with van der Waals surface area (Å²) in [5.74, 6) is 0.0566. The summed E-state index contributed by atoms with van der Waals surface area (Å²) in [6, 6.07) is 0. The van der Waals surface area contributed by atoms with Crippen LogP contribution in [0.5, 0.6) is 0 Å². The van der Waals surface area contributed by atoms with Gasteiger partial charge in [-0.25, -0.2) is 0 Å². The van der Waals surface area contributed by atoms with Gasteiger partial charge in [0.2, 0.25) is 0 Å². The molecule has 0 bridgehead atoms. The average molecular weight is 278 g/mol. The standard InChI is InChI=1S/C14H22N4O2/c1-10(19)9-17-5-7-18(8-6-17)14(20)13-11-3-2-4-12(11)15-16-13/h10,19H,2-9H2,1H3,(H,15,16). The molecular weight excluding hydrogens is 256 g/mol. The molecule has 6 nitrogen and oxygen atoms in total. The highest BCUT2D eigenvalue weighted by molar-refractivity contribution is 5.94. The van der Waals surface area contributed by atoms with E-state index < -0.39 is 0 Å². The zero-order valence-corrected chi connectivity index (χ0v) is 11.9. The maximum Gasteiger partial charge on any atom is 0.274 e. The van der Waals surface area contributed by atoms with Crippen molar-refractivity contribution in [2.24, 2.45) is 0 Å². The summed E-state index contributed by atoms with van der Waals surface area (Å²) in [6.07, 6.45) is 2.78. The molecule has 1 atom stereocenters. The molecule has 1 saturated heterocycles. The Morgan fingerprint density at radius 3 is 2.80 bits per heavy atom. The van der Waals surface area contributed by atoms with Crippen LogP contribution in [0.2, 0.25) is 0 Å². The van der Waals surface area contributed by atoms with Gasteiger partial charge in [-0.1, -0.05) is 0 Å². The van der Waals surface area contributed by atoms with Gasteiger partial charge >= 0.3 is 0 Å². The minimum atomic E-state index is -0.313. The molecule has 2 aliphatic rings. The van der Waals surface area contributed by atoms with Gasteiger partial charge < -0.3 is 10.0 Å². The van der Waals surface area contributed by atoms with E-state index in [1.54, 1.807) is 6.92 Å². The minimum Gasteiger partial charge on any atom is -0.392 e. The number of nitrogens with zero attached hydrogens (tertiary/aromatic N) is 3. The van der Waals surface area contributed by atoms with Gasteiger partial charge in [-0.3, -0.25) is 14.8 Å². The van der Waals surface area contributed by atoms with Crippen LogP contribution in [0.3, 0.4) is 0 Å². The molecule has 1 aromatic rings. The number of carbonyl (C=O) groups excluding carboxylic acids is 1. The smallest absolute Gasteiger partial charge is 0.274 e. The first-order valence-corrected chi connectivity index (χ1v) is 7.41. The third-order valence-corrected chi connectivity index (χ3v) is 4.19. The van der Waals surface area contributed by atoms with Crippen LogP contribution in [0.1, 0.15) is 35.1 Å². The number of fused-ring (bicyclic) bond motifs is 1. The molecule has 1 aliphatic carbocycles. The van der Waals surface area contributed by atoms with E-state index >= 15 is 0 Å². The molecule has 0 saturated carbocycles. The Hall–Kier alpha value is -1.40. The monoisotopic (exact) mass is 278 g/mol. The summed E-state index contributed by atoms with van der Waals surface area (Å²) in [4.78, 5) is 16.6. The van der Waals surface area contributed by atoms with Gasteiger partial charge in [0, 0.05) is 44.0 Å². The molecule has 0 radical (unpaired) electrons. The van der Waals surface area contributed by atoms with Crippen molar-refractivity contribution in [2.75, 3.05) is 32.7 Å². The second kappa shape index (κ2) is 5.54. The van der Waals surface area contributed by atoms with E-state index in [1.807, 2.05) is 4.90 Å². The number of aliphatic hydroxyl groups excluding tert-OH is 1. The first-order chi connectivity index (χ1) is 9.65. The van der Waals surface area contributed by atoms with Crippen LogP contribution in [-0.4, -0.2) is 69.8 Å². The Morgan fingerprint density at radius 1 is 1.35 bits per heavy atom. The van der Waals surface area contributed by atoms with Crippen molar-refractivity contribution < 1.29 is 9.90 Å². The molecule has 1 aliphatic heterocycles. The maximum atomic E-state index is 12.5. The fraction of sp³-hybridized carbons (Fsp3) is 0.714. The Morgan fingerprint density at radius 2 is 2.10 bits per heavy atom. The third kappa shape index (κ3) is 2.58. The number of rotatable bonds is 3. The van der Waals surface area contributed by atoms with Gasteiger partial charge in [0.25, 0.3) is 5.91 Å². The normalized spacial score (nSPS) is 21.0. The Bertz CT molecular complexity index is 489. The van der Waals surface area contributed by atoms with Crippen molar-refractivity contribution in [2.45, 2.75) is 32.3 Å². The number of hydrogen-bond donors (Lipinski definition) is 2. The predicted molar refractivity (Wildman–Crippen MR) is 74.6 cm³/mol. The number of aromatic nitrogens is 2. The molecule has 2 heterocycles. The lowest BCUT2D eigenvalue weighted by atomic mass is 10.1. The zero-order chi connectivity index (χ0) is 14.1. The Labute approximate surface area is 118 Å². The van der Waals surface area contributed by atoms with Crippen LogP contribution in [0.15, 0.2) is 0 Å². The highest BCUT2D eigenvalue weighted by atomic mass is 16.3. The van der Waals surface area contributed by atoms with Crippen LogP contribution in [-0.2, 0) is 12.8 Å². The molecule has 20 heavy (non-hydrogen) atoms. The number of amides is 1. The number of aliphatic hydroxyl groups is 1. The topological polar surface area (TPSA) is 72.5 Å². The summed E-state index contributed by atoms with van der Waals surface area (Å²) >= 11 is 0. The van der Waals surface area contributed by atoms with Gasteiger partial charge in [-0.05, 0) is 26.2 Å². The van der Waals surface area contributed by atoms with E-state index in [2.05, 4.69) is 15.1 Å². The first-order valence-electron chi connectivity index (χ1n) is 7.41. The Balaban J connectivity index is 1.62. The average Bonchev–Trinajstić information content (AvgIpc) is 3.00. The fourth-order valence-electron chi connectivity index (χ4n) is 3.15. The summed E-state index contributed by atoms with van der Waals surface area (Å²) < 4.78 is 0. The number of H-pyrrole nitrogens is 1. The molecule has 2 N–H and O–H groups in total. The lowest BCUT2D eigenvalue weighted by Crippen LogP contribution is -2.50. The van der Waals surface area contributed by atoms with Crippen LogP contribution in [0, 0.1) is 0 Å². The van der Waals surface area contributed by atoms with Crippen LogP contribution in [0.4, 0.5) is 0 Å². The lowest BCUT2D eigenvalue weighted by Gasteiger charge is -2.35. The molecule has 1 amide bonds. The quantitative estimate of drug-likeness (QED) is 0.818. The number of carbonyl (C=O) groups is 1. The van der Waals surface area contributed by atoms with Gasteiger partial charge in [0.05, 0.1) is 6.10 Å². The van der Waals surface area contributed by atoms with Crippen molar-refractivity contribution in [3.8, 4) is 0 Å². The van der Waals surface area contributed by atoms with Gasteiger partial charge in [-0.2, -0.15) is 5.10 Å². The van der Waals surface area contributed by atoms with E-state index in [0.29, 0.717) is 25.3 Å². The zero-order valence-electron chi connectivity index (χ0n) is 11.9. The van der Waals surface area contributed by atoms with Crippen molar-refractivity contribution in [1.82, 2.24) is 20.0 Å². The van der Waals surface area contributed by atoms with Crippen LogP contribution < -0.4 is 0 Å². The predicted octanol–water partition coefficient (Wildman–Crippen LogP) is 0.0370. The van der Waals surface area contributed by atoms with E-state index in [0.717, 1.165) is 43.6 Å². The van der Waals surface area contributed by atoms with Crippen molar-refractivity contribution in [3.63, 3.8) is 0 Å². The molecule has 1 unspecified atom stereocenters. The molecule has 1 aromatic heterocycles. The summed E-state index contributed by atoms with van der Waals surface area (Å²) in [5.41, 5.74) is 2.89. The fourth-order valence-corrected chi connectivity index (χ4v) is 3.15. The van der Waals surface area contributed by atoms with Crippen molar-refractivity contribution in [3.05, 3.63) is 17.0 Å². The largest absolute Gasteiger partial charge is 0.392 e. The van der Waals surface area contributed by atoms with Crippen molar-refractivity contribution >= 4 is 5.91 Å². The minimum absolute atomic E-state index is 0.0566. The summed E-state index contributed by atoms with van der Waals surface area (Å²) in [6.45, 7) is 5.55. The van der Waals surface area contributed by atoms with E-state index in [4.69, 9.17) is 0 Å². The Kier molecular flexibility index (Phi) is 3.76. The number of hydrogen-bond acceptors (Lipinski definition) is 4. The van der Waals surface area contributed by atoms with Crippen LogP contribution >= 0.6 is 0 Å². The number of nitrogens with one attached hydrogen (secondary N) is 1. The number of piperazine rings is 1. The van der Waals surface area contributed by atoms with E-state index in [-0.39, 0.29) is 12.0 Å². The second-order valence-electron chi connectivity index (χ2n) is 5.82. The highest BCUT2D eigenvalue weighted by Gasteiger charge is 2.28. The van der Waals surface area contributed by atoms with Gasteiger partial charge in [0.15, 0.2) is 5.69 Å². The van der Waals surface area contributed by atoms with Gasteiger partial charge in [-0.15, -0.1) is 0 Å². The van der Waals surface area contributed by atoms with E-state index in [9.17, 15) is 9.90 Å². The first kappa shape index (κ1) is 13.6. The van der Waals surface area contributed by atoms with E-state index in [1.165, 1.54) is 0 Å². The molecule has 0 aromatic carbocycles. The SMILES string of the molecule is CC(O)CN1CCN(C(=O)c2n[nH]c3c2CCC3)CC1. The molecule has 110 valence electrons. The maximum absolute atomic E-state index is 12.5. The lowest BCUT2D eigenvalue weighted by molar-refractivity contribution is 0.0548. The molecule has 0 spiro atoms. The molecule has 3 rings (SSSR count). The molecular formula is C14H22N4O2. The summed E-state index contributed by atoms with van der Waals surface area (Å²) in [7, 11) is 0. The van der Waals surface area contributed by atoms with Crippen molar-refractivity contribution in [1.29, 1.82) is 0 Å². The molecule has 6 heteroatoms. The third-order valence-electron chi connectivity index (χ3n) is 4.19. The number of β-amino-alcohol motifs (C(OH)–C–C–N with tert-alkyl or cyclic N) is 1. The summed E-state index contributed by atoms with van der Waals surface area (Å²) in [5, 5.41) is 16.6.